The smallest absolute Gasteiger partial charge is 0.252 e. The molecule has 0 bridgehead atoms. The summed E-state index contributed by atoms with van der Waals surface area (Å²) in [6, 6.07) is 4.04. The van der Waals surface area contributed by atoms with Crippen LogP contribution in [-0.2, 0) is 11.3 Å². The van der Waals surface area contributed by atoms with E-state index >= 15 is 0 Å². The lowest BCUT2D eigenvalue weighted by molar-refractivity contribution is -0.137. The van der Waals surface area contributed by atoms with Crippen LogP contribution in [0.25, 0.3) is 0 Å². The van der Waals surface area contributed by atoms with Gasteiger partial charge in [0.15, 0.2) is 5.60 Å². The van der Waals surface area contributed by atoms with Crippen molar-refractivity contribution >= 4 is 29.0 Å². The fraction of sp³-hybridized carbons (Fsp3) is 0.667. The Bertz CT molecular complexity index is 506. The molecule has 2 fully saturated rings. The van der Waals surface area contributed by atoms with Gasteiger partial charge in [-0.05, 0) is 30.0 Å². The first-order chi connectivity index (χ1) is 10.6. The second kappa shape index (κ2) is 6.86. The Morgan fingerprint density at radius 2 is 2.45 bits per heavy atom. The molecule has 3 rings (SSSR count). The number of carbonyl (C=O) groups is 1. The molecule has 2 saturated heterocycles. The van der Waals surface area contributed by atoms with Crippen LogP contribution in [0.15, 0.2) is 17.5 Å². The van der Waals surface area contributed by atoms with E-state index in [1.807, 2.05) is 17.5 Å². The van der Waals surface area contributed by atoms with Gasteiger partial charge >= 0.3 is 0 Å². The van der Waals surface area contributed by atoms with Crippen molar-refractivity contribution in [2.24, 2.45) is 0 Å². The lowest BCUT2D eigenvalue weighted by Crippen LogP contribution is -2.50. The average molecular weight is 344 g/mol. The SMILES string of the molecule is O=C(NC[C@@H]1C[C@H](F)CN1Cc1cccs1)[C@]1(O)CCSC1. The molecule has 2 aliphatic heterocycles. The minimum absolute atomic E-state index is 0.00120. The van der Waals surface area contributed by atoms with Crippen LogP contribution in [0.2, 0.25) is 0 Å². The number of alkyl halides is 1. The van der Waals surface area contributed by atoms with Crippen LogP contribution in [0.1, 0.15) is 17.7 Å². The van der Waals surface area contributed by atoms with Crippen LogP contribution in [0, 0.1) is 0 Å². The first kappa shape index (κ1) is 16.2. The number of hydrogen-bond acceptors (Lipinski definition) is 5. The summed E-state index contributed by atoms with van der Waals surface area (Å²) in [5, 5.41) is 15.1. The van der Waals surface area contributed by atoms with Gasteiger partial charge in [-0.2, -0.15) is 11.8 Å². The van der Waals surface area contributed by atoms with Gasteiger partial charge < -0.3 is 10.4 Å². The molecule has 0 unspecified atom stereocenters. The van der Waals surface area contributed by atoms with Crippen molar-refractivity contribution in [3.8, 4) is 0 Å². The van der Waals surface area contributed by atoms with Crippen LogP contribution in [-0.4, -0.2) is 58.3 Å². The topological polar surface area (TPSA) is 52.6 Å². The number of likely N-dealkylation sites (tertiary alicyclic amines) is 1. The molecule has 3 heterocycles. The molecule has 1 aromatic rings. The minimum atomic E-state index is -1.24. The molecule has 0 radical (unpaired) electrons. The van der Waals surface area contributed by atoms with Gasteiger partial charge in [-0.3, -0.25) is 9.69 Å². The number of aliphatic hydroxyl groups is 1. The number of nitrogens with zero attached hydrogens (tertiary/aromatic N) is 1. The van der Waals surface area contributed by atoms with Gasteiger partial charge in [0.1, 0.15) is 6.17 Å². The molecule has 4 nitrogen and oxygen atoms in total. The van der Waals surface area contributed by atoms with Gasteiger partial charge in [-0.25, -0.2) is 4.39 Å². The van der Waals surface area contributed by atoms with Crippen molar-refractivity contribution in [3.63, 3.8) is 0 Å². The number of halogens is 1. The Labute approximate surface area is 138 Å². The molecule has 0 spiro atoms. The molecule has 1 amide bonds. The summed E-state index contributed by atoms with van der Waals surface area (Å²) in [5.41, 5.74) is -1.24. The van der Waals surface area contributed by atoms with E-state index in [-0.39, 0.29) is 11.9 Å². The summed E-state index contributed by atoms with van der Waals surface area (Å²) < 4.78 is 13.7. The normalized spacial score (nSPS) is 32.5. The molecular weight excluding hydrogens is 323 g/mol. The maximum atomic E-state index is 13.7. The van der Waals surface area contributed by atoms with Gasteiger partial charge in [0.25, 0.3) is 5.91 Å². The van der Waals surface area contributed by atoms with E-state index in [4.69, 9.17) is 0 Å². The molecule has 0 saturated carbocycles. The highest BCUT2D eigenvalue weighted by Crippen LogP contribution is 2.28. The quantitative estimate of drug-likeness (QED) is 0.853. The first-order valence-corrected chi connectivity index (χ1v) is 9.59. The van der Waals surface area contributed by atoms with E-state index < -0.39 is 11.8 Å². The van der Waals surface area contributed by atoms with Crippen LogP contribution in [0.5, 0.6) is 0 Å². The second-order valence-corrected chi connectivity index (χ2v) is 8.18. The Morgan fingerprint density at radius 1 is 1.59 bits per heavy atom. The number of rotatable bonds is 5. The molecule has 0 aliphatic carbocycles. The van der Waals surface area contributed by atoms with Crippen molar-refractivity contribution in [1.82, 2.24) is 10.2 Å². The number of thiophene rings is 1. The zero-order valence-corrected chi connectivity index (χ0v) is 14.0. The van der Waals surface area contributed by atoms with E-state index in [1.165, 1.54) is 4.88 Å². The predicted molar refractivity (Wildman–Crippen MR) is 87.9 cm³/mol. The third-order valence-electron chi connectivity index (χ3n) is 4.34. The van der Waals surface area contributed by atoms with E-state index in [2.05, 4.69) is 10.2 Å². The number of carbonyl (C=O) groups excluding carboxylic acids is 1. The van der Waals surface area contributed by atoms with E-state index in [0.717, 1.165) is 12.3 Å². The Morgan fingerprint density at radius 3 is 3.14 bits per heavy atom. The highest BCUT2D eigenvalue weighted by atomic mass is 32.2. The fourth-order valence-corrected chi connectivity index (χ4v) is 5.01. The van der Waals surface area contributed by atoms with Crippen molar-refractivity contribution in [2.45, 2.75) is 37.2 Å². The van der Waals surface area contributed by atoms with Crippen LogP contribution in [0.4, 0.5) is 4.39 Å². The van der Waals surface area contributed by atoms with E-state index in [1.54, 1.807) is 23.1 Å². The number of amides is 1. The van der Waals surface area contributed by atoms with Crippen molar-refractivity contribution in [3.05, 3.63) is 22.4 Å². The monoisotopic (exact) mass is 344 g/mol. The van der Waals surface area contributed by atoms with Crippen molar-refractivity contribution < 1.29 is 14.3 Å². The molecule has 1 aromatic heterocycles. The van der Waals surface area contributed by atoms with Crippen molar-refractivity contribution in [1.29, 1.82) is 0 Å². The third-order valence-corrected chi connectivity index (χ3v) is 6.37. The second-order valence-electron chi connectivity index (χ2n) is 6.04. The summed E-state index contributed by atoms with van der Waals surface area (Å²) in [5.74, 6) is 0.953. The molecule has 3 atom stereocenters. The summed E-state index contributed by atoms with van der Waals surface area (Å²) in [4.78, 5) is 15.4. The highest BCUT2D eigenvalue weighted by molar-refractivity contribution is 7.99. The van der Waals surface area contributed by atoms with Gasteiger partial charge in [0.2, 0.25) is 0 Å². The summed E-state index contributed by atoms with van der Waals surface area (Å²) in [7, 11) is 0. The molecular formula is C15H21FN2O2S2. The van der Waals surface area contributed by atoms with Gasteiger partial charge in [-0.1, -0.05) is 6.07 Å². The summed E-state index contributed by atoms with van der Waals surface area (Å²) in [6.07, 6.45) is 0.101. The lowest BCUT2D eigenvalue weighted by atomic mass is 10.0. The third kappa shape index (κ3) is 3.64. The largest absolute Gasteiger partial charge is 0.379 e. The fourth-order valence-electron chi connectivity index (χ4n) is 3.04. The zero-order chi connectivity index (χ0) is 15.6. The molecule has 2 aliphatic rings. The number of thioether (sulfide) groups is 1. The molecule has 7 heteroatoms. The van der Waals surface area contributed by atoms with Gasteiger partial charge in [-0.15, -0.1) is 11.3 Å². The van der Waals surface area contributed by atoms with E-state index in [0.29, 0.717) is 31.7 Å². The van der Waals surface area contributed by atoms with Gasteiger partial charge in [0, 0.05) is 36.3 Å². The highest BCUT2D eigenvalue weighted by Gasteiger charge is 2.40. The molecule has 0 aromatic carbocycles. The number of hydrogen-bond donors (Lipinski definition) is 2. The van der Waals surface area contributed by atoms with Crippen LogP contribution < -0.4 is 5.32 Å². The molecule has 22 heavy (non-hydrogen) atoms. The standard InChI is InChI=1S/C15H21FN2O2S2/c16-11-6-12(18(8-11)9-13-2-1-4-22-13)7-17-14(19)15(20)3-5-21-10-15/h1-2,4,11-12,20H,3,5-10H2,(H,17,19)/t11-,12-,15-/m0/s1. The maximum Gasteiger partial charge on any atom is 0.252 e. The predicted octanol–water partition coefficient (Wildman–Crippen LogP) is 1.64. The Balaban J connectivity index is 1.54. The minimum Gasteiger partial charge on any atom is -0.379 e. The lowest BCUT2D eigenvalue weighted by Gasteiger charge is -2.26. The summed E-state index contributed by atoms with van der Waals surface area (Å²) >= 11 is 3.25. The van der Waals surface area contributed by atoms with Crippen LogP contribution in [0.3, 0.4) is 0 Å². The van der Waals surface area contributed by atoms with Crippen molar-refractivity contribution in [2.75, 3.05) is 24.6 Å². The Hall–Kier alpha value is -0.630. The van der Waals surface area contributed by atoms with E-state index in [9.17, 15) is 14.3 Å². The molecule has 122 valence electrons. The maximum absolute atomic E-state index is 13.7. The van der Waals surface area contributed by atoms with Crippen LogP contribution >= 0.6 is 23.1 Å². The summed E-state index contributed by atoms with van der Waals surface area (Å²) in [6.45, 7) is 1.54. The van der Waals surface area contributed by atoms with Gasteiger partial charge in [0.05, 0.1) is 0 Å². The average Bonchev–Trinajstić information content (AvgIpc) is 3.20. The molecule has 2 N–H and O–H groups in total. The Kier molecular flexibility index (Phi) is 5.07. The zero-order valence-electron chi connectivity index (χ0n) is 12.3. The first-order valence-electron chi connectivity index (χ1n) is 7.56. The number of nitrogens with one attached hydrogen (secondary N) is 1.